The van der Waals surface area contributed by atoms with Crippen LogP contribution in [0.4, 0.5) is 4.39 Å². The van der Waals surface area contributed by atoms with Gasteiger partial charge in [-0.3, -0.25) is 0 Å². The van der Waals surface area contributed by atoms with E-state index in [0.29, 0.717) is 0 Å². The molecular weight excluding hydrogens is 427 g/mol. The van der Waals surface area contributed by atoms with Gasteiger partial charge in [-0.1, -0.05) is 36.0 Å². The van der Waals surface area contributed by atoms with Crippen LogP contribution < -0.4 is 23.4 Å². The number of fused-ring (bicyclic) bond motifs is 2. The van der Waals surface area contributed by atoms with Crippen molar-refractivity contribution in [3.63, 3.8) is 0 Å². The van der Waals surface area contributed by atoms with E-state index in [9.17, 15) is 4.39 Å². The molecule has 1 aliphatic heterocycles. The Morgan fingerprint density at radius 1 is 0.857 bits per heavy atom. The summed E-state index contributed by atoms with van der Waals surface area (Å²) in [6.07, 6.45) is 0. The van der Waals surface area contributed by atoms with E-state index in [0.717, 1.165) is 4.90 Å². The summed E-state index contributed by atoms with van der Waals surface area (Å²) < 4.78 is 53.3. The molecular formula is C19H14ClFO5S2. The molecule has 0 atom stereocenters. The van der Waals surface area contributed by atoms with Crippen LogP contribution in [0.15, 0.2) is 91.2 Å². The quantitative estimate of drug-likeness (QED) is 0.424. The Kier molecular flexibility index (Phi) is 6.51. The first-order valence-electron chi connectivity index (χ1n) is 7.83. The first-order chi connectivity index (χ1) is 13.3. The summed E-state index contributed by atoms with van der Waals surface area (Å²) in [5, 5.41) is 0. The summed E-state index contributed by atoms with van der Waals surface area (Å²) in [6.45, 7) is 0. The lowest BCUT2D eigenvalue weighted by Gasteiger charge is -2.18. The van der Waals surface area contributed by atoms with E-state index in [1.165, 1.54) is 26.7 Å². The van der Waals surface area contributed by atoms with Gasteiger partial charge < -0.3 is 4.74 Å². The van der Waals surface area contributed by atoms with E-state index in [1.807, 2.05) is 18.2 Å². The topological polar surface area (TPSA) is 101 Å². The second-order valence-electron chi connectivity index (χ2n) is 5.48. The molecule has 0 unspecified atom stereocenters. The Morgan fingerprint density at radius 2 is 1.36 bits per heavy atom. The molecule has 1 aliphatic rings. The van der Waals surface area contributed by atoms with Crippen molar-refractivity contribution >= 4 is 22.7 Å². The molecule has 0 aromatic heterocycles. The van der Waals surface area contributed by atoms with Gasteiger partial charge in [0.2, 0.25) is 0 Å². The summed E-state index contributed by atoms with van der Waals surface area (Å²) >= 11 is 1.78. The van der Waals surface area contributed by atoms with E-state index in [1.54, 1.807) is 23.9 Å². The minimum atomic E-state index is -4.94. The number of halogens is 2. The monoisotopic (exact) mass is 440 g/mol. The third-order valence-electron chi connectivity index (χ3n) is 3.72. The van der Waals surface area contributed by atoms with Crippen molar-refractivity contribution in [3.8, 4) is 5.75 Å². The van der Waals surface area contributed by atoms with Crippen molar-refractivity contribution in [3.05, 3.63) is 72.5 Å². The van der Waals surface area contributed by atoms with Crippen LogP contribution in [0.3, 0.4) is 0 Å². The van der Waals surface area contributed by atoms with Crippen molar-refractivity contribution in [2.24, 2.45) is 0 Å². The first-order valence-corrected chi connectivity index (χ1v) is 11.1. The summed E-state index contributed by atoms with van der Waals surface area (Å²) in [4.78, 5) is 5.96. The third kappa shape index (κ3) is 4.98. The second kappa shape index (κ2) is 8.71. The molecule has 0 amide bonds. The number of hydrogen-bond donors (Lipinski definition) is 0. The van der Waals surface area contributed by atoms with Gasteiger partial charge in [0, 0.05) is 6.07 Å². The molecule has 146 valence electrons. The maximum absolute atomic E-state index is 14.2. The van der Waals surface area contributed by atoms with Crippen LogP contribution in [0.5, 0.6) is 5.75 Å². The molecule has 0 bridgehead atoms. The van der Waals surface area contributed by atoms with Gasteiger partial charge in [-0.2, -0.15) is 0 Å². The second-order valence-corrected chi connectivity index (χ2v) is 9.28. The highest BCUT2D eigenvalue weighted by atomic mass is 35.7. The zero-order chi connectivity index (χ0) is 20.3. The third-order valence-corrected chi connectivity index (χ3v) is 7.44. The zero-order valence-electron chi connectivity index (χ0n) is 14.5. The maximum atomic E-state index is 14.2. The zero-order valence-corrected chi connectivity index (χ0v) is 16.9. The molecule has 28 heavy (non-hydrogen) atoms. The molecule has 0 aliphatic carbocycles. The average molecular weight is 441 g/mol. The summed E-state index contributed by atoms with van der Waals surface area (Å²) in [6, 6.07) is 22.0. The van der Waals surface area contributed by atoms with Crippen molar-refractivity contribution in [1.82, 2.24) is 0 Å². The Morgan fingerprint density at radius 3 is 1.82 bits per heavy atom. The van der Waals surface area contributed by atoms with Crippen LogP contribution in [0.2, 0.25) is 0 Å². The van der Waals surface area contributed by atoms with Gasteiger partial charge in [0.1, 0.15) is 10.9 Å². The molecule has 0 spiro atoms. The Balaban J connectivity index is 0.000000403. The minimum absolute atomic E-state index is 0.283. The molecule has 4 rings (SSSR count). The summed E-state index contributed by atoms with van der Waals surface area (Å²) in [7, 11) is -3.75. The Hall–Kier alpha value is -1.78. The van der Waals surface area contributed by atoms with E-state index in [-0.39, 0.29) is 22.5 Å². The number of benzene rings is 3. The van der Waals surface area contributed by atoms with E-state index >= 15 is 0 Å². The standard InChI is InChI=1S/C19H14FOS2.ClHO4/c1-21-15-11-10-13(12-14(15)20)23-18-8-4-2-6-16(18)22-17-7-3-5-9-19(17)23;2-1(3,4)5/h2-12H,1H3;(H,2,3,4,5)/q+1;/p-1. The minimum Gasteiger partial charge on any atom is -0.494 e. The molecule has 1 heterocycles. The van der Waals surface area contributed by atoms with Gasteiger partial charge in [0.05, 0.1) is 16.9 Å². The smallest absolute Gasteiger partial charge is 0.180 e. The molecule has 9 heteroatoms. The molecule has 0 saturated heterocycles. The van der Waals surface area contributed by atoms with E-state index in [4.69, 9.17) is 23.4 Å². The average Bonchev–Trinajstić information content (AvgIpc) is 2.64. The highest BCUT2D eigenvalue weighted by Gasteiger charge is 2.38. The Labute approximate surface area is 170 Å². The van der Waals surface area contributed by atoms with Gasteiger partial charge in [0.25, 0.3) is 0 Å². The van der Waals surface area contributed by atoms with Crippen LogP contribution in [-0.4, -0.2) is 7.11 Å². The SMILES string of the molecule is COc1ccc([S+]2c3ccccc3Sc3ccccc32)cc1F.[O-][Cl+3]([O-])([O-])[O-]. The number of methoxy groups -OCH3 is 1. The highest BCUT2D eigenvalue weighted by Crippen LogP contribution is 2.48. The fourth-order valence-corrected chi connectivity index (χ4v) is 6.43. The van der Waals surface area contributed by atoms with Gasteiger partial charge in [-0.15, -0.1) is 10.2 Å². The first kappa shape index (κ1) is 20.9. The molecule has 3 aromatic rings. The Bertz CT molecular complexity index is 929. The lowest BCUT2D eigenvalue weighted by molar-refractivity contribution is -2.00. The molecule has 0 N–H and O–H groups in total. The molecule has 5 nitrogen and oxygen atoms in total. The number of hydrogen-bond acceptors (Lipinski definition) is 6. The van der Waals surface area contributed by atoms with Crippen LogP contribution in [0.25, 0.3) is 0 Å². The normalized spacial score (nSPS) is 13.1. The van der Waals surface area contributed by atoms with Crippen molar-refractivity contribution in [2.75, 3.05) is 7.11 Å². The largest absolute Gasteiger partial charge is 0.494 e. The number of rotatable bonds is 2. The van der Waals surface area contributed by atoms with Crippen LogP contribution >= 0.6 is 11.8 Å². The van der Waals surface area contributed by atoms with Crippen molar-refractivity contribution < 1.29 is 38.0 Å². The van der Waals surface area contributed by atoms with Crippen molar-refractivity contribution in [1.29, 1.82) is 0 Å². The molecule has 0 radical (unpaired) electrons. The molecule has 0 saturated carbocycles. The van der Waals surface area contributed by atoms with Gasteiger partial charge in [-0.05, 0) is 36.4 Å². The highest BCUT2D eigenvalue weighted by molar-refractivity contribution is 8.04. The van der Waals surface area contributed by atoms with Crippen LogP contribution in [-0.2, 0) is 10.9 Å². The fourth-order valence-electron chi connectivity index (χ4n) is 2.67. The number of ether oxygens (including phenoxy) is 1. The van der Waals surface area contributed by atoms with Gasteiger partial charge >= 0.3 is 0 Å². The van der Waals surface area contributed by atoms with Gasteiger partial charge in [0.15, 0.2) is 26.3 Å². The lowest BCUT2D eigenvalue weighted by Crippen LogP contribution is -2.68. The maximum Gasteiger partial charge on any atom is 0.180 e. The fraction of sp³-hybridized carbons (Fsp3) is 0.0526. The summed E-state index contributed by atoms with van der Waals surface area (Å²) in [5.41, 5.74) is 0. The van der Waals surface area contributed by atoms with E-state index < -0.39 is 10.2 Å². The van der Waals surface area contributed by atoms with E-state index in [2.05, 4.69) is 36.4 Å². The molecule has 0 fully saturated rings. The van der Waals surface area contributed by atoms with Crippen molar-refractivity contribution in [2.45, 2.75) is 24.5 Å². The predicted molar refractivity (Wildman–Crippen MR) is 92.1 cm³/mol. The van der Waals surface area contributed by atoms with Crippen LogP contribution in [0.1, 0.15) is 0 Å². The molecule has 3 aromatic carbocycles. The summed E-state index contributed by atoms with van der Waals surface area (Å²) in [5.74, 6) is -0.0315. The van der Waals surface area contributed by atoms with Crippen LogP contribution in [0, 0.1) is 16.1 Å². The van der Waals surface area contributed by atoms with Gasteiger partial charge in [-0.25, -0.2) is 23.0 Å². The lowest BCUT2D eigenvalue weighted by atomic mass is 10.3. The predicted octanol–water partition coefficient (Wildman–Crippen LogP) is 0.638.